The molecule has 5 rings (SSSR count). The van der Waals surface area contributed by atoms with Crippen molar-refractivity contribution in [1.29, 1.82) is 0 Å². The van der Waals surface area contributed by atoms with Crippen molar-refractivity contribution in [3.05, 3.63) is 69.8 Å². The molecule has 2 heterocycles. The molecule has 2 aliphatic carbocycles. The minimum atomic E-state index is -0.940. The predicted octanol–water partition coefficient (Wildman–Crippen LogP) is 4.68. The van der Waals surface area contributed by atoms with Crippen LogP contribution in [-0.2, 0) is 0 Å². The van der Waals surface area contributed by atoms with Crippen LogP contribution in [0.15, 0.2) is 41.3 Å². The highest BCUT2D eigenvalue weighted by atomic mass is 19.2. The number of pyridine rings is 2. The fourth-order valence-corrected chi connectivity index (χ4v) is 5.25. The molecule has 2 aromatic heterocycles. The van der Waals surface area contributed by atoms with Crippen LogP contribution in [-0.4, -0.2) is 23.0 Å². The smallest absolute Gasteiger partial charge is 0.268 e. The van der Waals surface area contributed by atoms with Crippen molar-refractivity contribution < 1.29 is 18.3 Å². The molecule has 0 bridgehead atoms. The topological polar surface area (TPSA) is 98.1 Å². The summed E-state index contributed by atoms with van der Waals surface area (Å²) in [4.78, 5) is 31.3. The van der Waals surface area contributed by atoms with Crippen molar-refractivity contribution in [2.24, 2.45) is 17.6 Å². The van der Waals surface area contributed by atoms with Gasteiger partial charge in [-0.25, -0.2) is 4.39 Å². The second-order valence-electron chi connectivity index (χ2n) is 8.76. The van der Waals surface area contributed by atoms with Crippen LogP contribution < -0.4 is 15.9 Å². The number of fused-ring (bicyclic) bond motifs is 2. The second kappa shape index (κ2) is 9.68. The Bertz CT molecular complexity index is 1210. The van der Waals surface area contributed by atoms with E-state index in [1.165, 1.54) is 64.0 Å². The molecule has 2 saturated carbocycles. The number of ether oxygens (including phenoxy) is 1. The summed E-state index contributed by atoms with van der Waals surface area (Å²) in [5.74, 6) is -0.520. The number of methoxy groups -OCH3 is 1. The van der Waals surface area contributed by atoms with E-state index in [0.717, 1.165) is 23.6 Å². The van der Waals surface area contributed by atoms with E-state index in [1.54, 1.807) is 12.1 Å². The molecule has 3 N–H and O–H groups in total. The monoisotopic (exact) mass is 455 g/mol. The van der Waals surface area contributed by atoms with Crippen molar-refractivity contribution in [2.45, 2.75) is 44.4 Å². The second-order valence-corrected chi connectivity index (χ2v) is 8.76. The number of carbonyl (C=O) groups is 1. The summed E-state index contributed by atoms with van der Waals surface area (Å²) < 4.78 is 29.3. The molecule has 0 aliphatic heterocycles. The largest absolute Gasteiger partial charge is 0.494 e. The number of aromatic nitrogens is 2. The van der Waals surface area contributed by atoms with Gasteiger partial charge >= 0.3 is 0 Å². The number of carbonyl (C=O) groups excluding carboxylic acids is 1. The van der Waals surface area contributed by atoms with Crippen LogP contribution in [0.2, 0.25) is 0 Å². The number of aromatic amines is 1. The van der Waals surface area contributed by atoms with Crippen LogP contribution in [0.4, 0.5) is 8.78 Å². The quantitative estimate of drug-likeness (QED) is 0.599. The van der Waals surface area contributed by atoms with Gasteiger partial charge in [-0.3, -0.25) is 14.6 Å². The summed E-state index contributed by atoms with van der Waals surface area (Å²) >= 11 is 0. The number of nitrogens with one attached hydrogen (secondary N) is 1. The number of primary amides is 1. The van der Waals surface area contributed by atoms with E-state index < -0.39 is 17.5 Å². The highest BCUT2D eigenvalue weighted by Crippen LogP contribution is 2.48. The summed E-state index contributed by atoms with van der Waals surface area (Å²) in [7, 11) is 1.29. The maximum atomic E-state index is 12.5. The molecule has 1 aromatic carbocycles. The molecule has 33 heavy (non-hydrogen) atoms. The summed E-state index contributed by atoms with van der Waals surface area (Å²) in [5.41, 5.74) is 6.88. The lowest BCUT2D eigenvalue weighted by Crippen LogP contribution is -2.18. The zero-order valence-electron chi connectivity index (χ0n) is 18.4. The van der Waals surface area contributed by atoms with Gasteiger partial charge in [0.1, 0.15) is 5.69 Å². The first-order valence-electron chi connectivity index (χ1n) is 11.2. The first-order chi connectivity index (χ1) is 15.9. The van der Waals surface area contributed by atoms with Gasteiger partial charge in [0.2, 0.25) is 5.82 Å². The van der Waals surface area contributed by atoms with Gasteiger partial charge in [0.15, 0.2) is 17.0 Å². The fourth-order valence-electron chi connectivity index (χ4n) is 5.25. The molecule has 2 unspecified atom stereocenters. The zero-order valence-corrected chi connectivity index (χ0v) is 18.4. The Balaban J connectivity index is 0.000000219. The van der Waals surface area contributed by atoms with E-state index in [2.05, 4.69) is 14.7 Å². The zero-order chi connectivity index (χ0) is 23.5. The van der Waals surface area contributed by atoms with Gasteiger partial charge in [-0.05, 0) is 48.8 Å². The number of halogens is 2. The van der Waals surface area contributed by atoms with Crippen LogP contribution in [0.3, 0.4) is 0 Å². The molecule has 6 nitrogen and oxygen atoms in total. The van der Waals surface area contributed by atoms with Gasteiger partial charge in [0.25, 0.3) is 5.91 Å². The Kier molecular flexibility index (Phi) is 6.72. The molecule has 0 radical (unpaired) electrons. The third kappa shape index (κ3) is 4.74. The van der Waals surface area contributed by atoms with Crippen molar-refractivity contribution in [3.8, 4) is 5.75 Å². The number of H-pyrrole nitrogens is 1. The first-order valence-corrected chi connectivity index (χ1v) is 11.2. The van der Waals surface area contributed by atoms with Crippen LogP contribution >= 0.6 is 0 Å². The molecule has 2 fully saturated rings. The van der Waals surface area contributed by atoms with E-state index in [4.69, 9.17) is 5.73 Å². The van der Waals surface area contributed by atoms with Gasteiger partial charge in [0.05, 0.1) is 18.0 Å². The fraction of sp³-hybridized carbons (Fsp3) is 0.400. The Hall–Kier alpha value is -3.29. The van der Waals surface area contributed by atoms with Gasteiger partial charge in [-0.15, -0.1) is 0 Å². The third-order valence-electron chi connectivity index (χ3n) is 6.81. The van der Waals surface area contributed by atoms with E-state index >= 15 is 0 Å². The Labute approximate surface area is 190 Å². The highest BCUT2D eigenvalue weighted by molar-refractivity contribution is 6.03. The number of hydrogen-bond acceptors (Lipinski definition) is 4. The summed E-state index contributed by atoms with van der Waals surface area (Å²) in [6, 6.07) is 7.18. The summed E-state index contributed by atoms with van der Waals surface area (Å²) in [5, 5.41) is 0.305. The first kappa shape index (κ1) is 22.9. The minimum absolute atomic E-state index is 0.0513. The Morgan fingerprint density at radius 1 is 1.15 bits per heavy atom. The highest BCUT2D eigenvalue weighted by Gasteiger charge is 2.36. The van der Waals surface area contributed by atoms with Crippen LogP contribution in [0, 0.1) is 23.5 Å². The molecule has 174 valence electrons. The molecule has 1 amide bonds. The van der Waals surface area contributed by atoms with Gasteiger partial charge in [0, 0.05) is 18.0 Å². The molecule has 8 heteroatoms. The lowest BCUT2D eigenvalue weighted by Gasteiger charge is -2.24. The molecular formula is C25H27F2N3O3. The lowest BCUT2D eigenvalue weighted by molar-refractivity contribution is 0.0997. The molecule has 0 spiro atoms. The number of benzene rings is 1. The van der Waals surface area contributed by atoms with Gasteiger partial charge < -0.3 is 15.5 Å². The summed E-state index contributed by atoms with van der Waals surface area (Å²) in [6.45, 7) is 0. The van der Waals surface area contributed by atoms with Crippen LogP contribution in [0.1, 0.15) is 60.6 Å². The standard InChI is InChI=1S/C18H21N3O2.C7H6F2O/c19-18(23)17-16-13(5-6-20-17)21-14(9-15(16)22)12-7-10-3-1-2-4-11(10)8-12;1-10-6-4-2-3-5(8)7(6)9/h5-6,9-12H,1-4,7-8H2,(H2,19,23)(H,21,22);2-4H,1H3. The SMILES string of the molecule is COc1cccc(F)c1F.NC(=O)c1nccc2[nH]c(C3CC4CCCCC4C3)cc(=O)c12. The van der Waals surface area contributed by atoms with Crippen LogP contribution in [0.5, 0.6) is 5.75 Å². The number of hydrogen-bond donors (Lipinski definition) is 2. The van der Waals surface area contributed by atoms with Crippen molar-refractivity contribution >= 4 is 16.8 Å². The number of nitrogens with two attached hydrogens (primary N) is 1. The molecule has 2 aliphatic rings. The predicted molar refractivity (Wildman–Crippen MR) is 121 cm³/mol. The molecule has 0 saturated heterocycles. The van der Waals surface area contributed by atoms with Crippen molar-refractivity contribution in [2.75, 3.05) is 7.11 Å². The van der Waals surface area contributed by atoms with E-state index in [-0.39, 0.29) is 16.9 Å². The number of nitrogens with zero attached hydrogens (tertiary/aromatic N) is 1. The lowest BCUT2D eigenvalue weighted by atomic mass is 9.82. The molecule has 2 atom stereocenters. The van der Waals surface area contributed by atoms with Crippen molar-refractivity contribution in [1.82, 2.24) is 9.97 Å². The van der Waals surface area contributed by atoms with E-state index in [1.807, 2.05) is 0 Å². The average Bonchev–Trinajstić information content (AvgIpc) is 3.25. The maximum absolute atomic E-state index is 12.5. The molecular weight excluding hydrogens is 428 g/mol. The van der Waals surface area contributed by atoms with Gasteiger partial charge in [-0.2, -0.15) is 4.39 Å². The van der Waals surface area contributed by atoms with Crippen molar-refractivity contribution in [3.63, 3.8) is 0 Å². The Morgan fingerprint density at radius 2 is 1.85 bits per heavy atom. The van der Waals surface area contributed by atoms with E-state index in [9.17, 15) is 18.4 Å². The maximum Gasteiger partial charge on any atom is 0.268 e. The third-order valence-corrected chi connectivity index (χ3v) is 6.81. The number of rotatable bonds is 3. The molecule has 3 aromatic rings. The Morgan fingerprint density at radius 3 is 2.45 bits per heavy atom. The summed E-state index contributed by atoms with van der Waals surface area (Å²) in [6.07, 6.45) is 9.20. The normalized spacial score (nSPS) is 21.7. The van der Waals surface area contributed by atoms with E-state index in [0.29, 0.717) is 16.8 Å². The average molecular weight is 456 g/mol. The van der Waals surface area contributed by atoms with Crippen LogP contribution in [0.25, 0.3) is 10.9 Å². The number of amides is 1. The van der Waals surface area contributed by atoms with Gasteiger partial charge in [-0.1, -0.05) is 31.7 Å². The minimum Gasteiger partial charge on any atom is -0.494 e.